The number of aryl methyl sites for hydroxylation is 1. The van der Waals surface area contributed by atoms with Crippen molar-refractivity contribution in [1.82, 2.24) is 43.3 Å². The number of benzene rings is 2. The molecule has 0 bridgehead atoms. The molecule has 1 atom stereocenters. The molecule has 5 aromatic rings. The van der Waals surface area contributed by atoms with Crippen molar-refractivity contribution in [2.24, 2.45) is 13.0 Å². The van der Waals surface area contributed by atoms with Crippen LogP contribution in [0.4, 0.5) is 18.9 Å². The molecule has 0 saturated carbocycles. The lowest BCUT2D eigenvalue weighted by atomic mass is 9.96. The van der Waals surface area contributed by atoms with Gasteiger partial charge in [-0.15, -0.1) is 10.2 Å². The van der Waals surface area contributed by atoms with Gasteiger partial charge in [0.25, 0.3) is 5.91 Å². The SMILES string of the molecule is CCCC(C=O)N1Cc2cc(N3CCN(CC4CCN(CCOC5CCN(Cc6cc(C(F)(F)F)c7cn(-c8cccc(Cc9nncn9C)c8)c(=O)n7c6)CC5)CC4)CC3)ccc2C1=O. The van der Waals surface area contributed by atoms with Gasteiger partial charge in [-0.25, -0.2) is 4.79 Å². The maximum Gasteiger partial charge on any atom is 0.418 e. The van der Waals surface area contributed by atoms with E-state index >= 15 is 0 Å². The van der Waals surface area contributed by atoms with Gasteiger partial charge in [-0.3, -0.25) is 23.6 Å². The summed E-state index contributed by atoms with van der Waals surface area (Å²) in [7, 11) is 1.84. The van der Waals surface area contributed by atoms with Gasteiger partial charge >= 0.3 is 11.9 Å². The Morgan fingerprint density at radius 3 is 2.35 bits per heavy atom. The minimum absolute atomic E-state index is 0.0364. The molecular formula is C49H61F3N10O4. The zero-order chi connectivity index (χ0) is 46.0. The normalized spacial score (nSPS) is 19.0. The number of amides is 1. The number of ether oxygens (including phenoxy) is 1. The van der Waals surface area contributed by atoms with Crippen molar-refractivity contribution in [3.8, 4) is 5.69 Å². The standard InChI is InChI=1S/C49H61F3N10O4/c1-3-5-41(33-63)60-31-38-27-39(8-9-43(38)47(60)64)59-20-18-58(19-21-59)28-35-10-14-56(15-11-35)22-23-66-42-12-16-57(17-13-42)29-37-25-44(49(50,51)52)45-32-61(48(65)62(45)30-37)40-7-4-6-36(24-40)26-46-54-53-34-55(46)2/h4,6-9,24-25,27,30,32-35,41-42H,3,5,10-23,26,28-29,31H2,1-2H3. The third kappa shape index (κ3) is 10.1. The minimum Gasteiger partial charge on any atom is -0.377 e. The molecular weight excluding hydrogens is 850 g/mol. The summed E-state index contributed by atoms with van der Waals surface area (Å²) in [4.78, 5) is 49.8. The number of carbonyl (C=O) groups excluding carboxylic acids is 2. The second-order valence-corrected chi connectivity index (χ2v) is 18.7. The van der Waals surface area contributed by atoms with Crippen molar-refractivity contribution in [2.45, 2.75) is 83.3 Å². The van der Waals surface area contributed by atoms with Crippen LogP contribution in [0.5, 0.6) is 0 Å². The lowest BCUT2D eigenvalue weighted by Gasteiger charge is -2.39. The minimum atomic E-state index is -4.64. The van der Waals surface area contributed by atoms with Crippen LogP contribution in [0, 0.1) is 5.92 Å². The van der Waals surface area contributed by atoms with E-state index in [4.69, 9.17) is 4.74 Å². The van der Waals surface area contributed by atoms with Crippen LogP contribution in [0.3, 0.4) is 0 Å². The van der Waals surface area contributed by atoms with Crippen LogP contribution in [0.15, 0.2) is 72.0 Å². The maximum absolute atomic E-state index is 14.5. The fraction of sp³-hybridized carbons (Fsp3) is 0.531. The number of carbonyl (C=O) groups is 2. The third-order valence-electron chi connectivity index (χ3n) is 14.2. The molecule has 4 aliphatic rings. The number of anilines is 1. The number of pyridine rings is 1. The van der Waals surface area contributed by atoms with Gasteiger partial charge < -0.3 is 28.8 Å². The zero-order valence-electron chi connectivity index (χ0n) is 38.0. The maximum atomic E-state index is 14.5. The van der Waals surface area contributed by atoms with Gasteiger partial charge in [0.2, 0.25) is 0 Å². The first kappa shape index (κ1) is 45.8. The number of imidazole rings is 1. The smallest absolute Gasteiger partial charge is 0.377 e. The second-order valence-electron chi connectivity index (χ2n) is 18.7. The third-order valence-corrected chi connectivity index (χ3v) is 14.2. The number of piperazine rings is 1. The summed E-state index contributed by atoms with van der Waals surface area (Å²) in [6, 6.07) is 14.2. The van der Waals surface area contributed by atoms with E-state index in [-0.39, 0.29) is 23.6 Å². The molecule has 9 rings (SSSR count). The van der Waals surface area contributed by atoms with E-state index in [1.54, 1.807) is 40.2 Å². The zero-order valence-corrected chi connectivity index (χ0v) is 38.0. The number of rotatable bonds is 16. The van der Waals surface area contributed by atoms with Gasteiger partial charge in [-0.1, -0.05) is 25.5 Å². The summed E-state index contributed by atoms with van der Waals surface area (Å²) in [5.41, 5.74) is 3.10. The van der Waals surface area contributed by atoms with Gasteiger partial charge in [-0.05, 0) is 104 Å². The van der Waals surface area contributed by atoms with Crippen molar-refractivity contribution in [3.05, 3.63) is 111 Å². The topological polar surface area (TPSA) is 117 Å². The van der Waals surface area contributed by atoms with Crippen LogP contribution in [0.25, 0.3) is 11.2 Å². The highest BCUT2D eigenvalue weighted by atomic mass is 19.4. The Hall–Kier alpha value is -5.36. The van der Waals surface area contributed by atoms with E-state index < -0.39 is 17.4 Å². The highest BCUT2D eigenvalue weighted by molar-refractivity contribution is 6.00. The molecule has 0 N–H and O–H groups in total. The summed E-state index contributed by atoms with van der Waals surface area (Å²) in [5, 5.41) is 8.04. The number of hydrogen-bond acceptors (Lipinski definition) is 10. The molecule has 0 radical (unpaired) electrons. The number of hydrogen-bond donors (Lipinski definition) is 0. The first-order valence-electron chi connectivity index (χ1n) is 23.6. The molecule has 17 heteroatoms. The van der Waals surface area contributed by atoms with Crippen molar-refractivity contribution in [2.75, 3.05) is 77.0 Å². The van der Waals surface area contributed by atoms with E-state index in [2.05, 4.69) is 41.9 Å². The molecule has 66 heavy (non-hydrogen) atoms. The number of aldehydes is 1. The van der Waals surface area contributed by atoms with Crippen LogP contribution >= 0.6 is 0 Å². The molecule has 0 aliphatic carbocycles. The Morgan fingerprint density at radius 1 is 0.864 bits per heavy atom. The second kappa shape index (κ2) is 19.9. The lowest BCUT2D eigenvalue weighted by molar-refractivity contribution is -0.136. The van der Waals surface area contributed by atoms with Gasteiger partial charge in [0, 0.05) is 103 Å². The number of alkyl halides is 3. The molecule has 352 valence electrons. The van der Waals surface area contributed by atoms with Crippen molar-refractivity contribution >= 4 is 23.4 Å². The largest absolute Gasteiger partial charge is 0.418 e. The summed E-state index contributed by atoms with van der Waals surface area (Å²) in [5.74, 6) is 1.37. The number of halogens is 3. The van der Waals surface area contributed by atoms with Crippen molar-refractivity contribution < 1.29 is 27.5 Å². The van der Waals surface area contributed by atoms with Gasteiger partial charge in [0.15, 0.2) is 0 Å². The monoisotopic (exact) mass is 910 g/mol. The highest BCUT2D eigenvalue weighted by Crippen LogP contribution is 2.34. The van der Waals surface area contributed by atoms with Gasteiger partial charge in [-0.2, -0.15) is 13.2 Å². The Bertz CT molecular complexity index is 2550. The molecule has 2 aromatic carbocycles. The molecule has 1 amide bonds. The number of likely N-dealkylation sites (tertiary alicyclic amines) is 2. The fourth-order valence-electron chi connectivity index (χ4n) is 10.4. The van der Waals surface area contributed by atoms with Crippen molar-refractivity contribution in [1.29, 1.82) is 0 Å². The van der Waals surface area contributed by atoms with Crippen LogP contribution in [0.1, 0.15) is 83.9 Å². The summed E-state index contributed by atoms with van der Waals surface area (Å²) in [6.45, 7) is 13.0. The molecule has 3 saturated heterocycles. The van der Waals surface area contributed by atoms with Gasteiger partial charge in [0.05, 0.1) is 35.5 Å². The van der Waals surface area contributed by atoms with Crippen LogP contribution in [0.2, 0.25) is 0 Å². The predicted octanol–water partition coefficient (Wildman–Crippen LogP) is 5.67. The number of fused-ring (bicyclic) bond motifs is 2. The molecule has 14 nitrogen and oxygen atoms in total. The summed E-state index contributed by atoms with van der Waals surface area (Å²) < 4.78 is 54.1. The molecule has 3 fully saturated rings. The van der Waals surface area contributed by atoms with Crippen LogP contribution in [-0.2, 0) is 42.3 Å². The Balaban J connectivity index is 0.700. The van der Waals surface area contributed by atoms with E-state index in [0.29, 0.717) is 62.8 Å². The molecule has 1 unspecified atom stereocenters. The Kier molecular flexibility index (Phi) is 13.8. The van der Waals surface area contributed by atoms with E-state index in [1.807, 2.05) is 26.1 Å². The van der Waals surface area contributed by atoms with Crippen LogP contribution < -0.4 is 10.6 Å². The average molecular weight is 911 g/mol. The van der Waals surface area contributed by atoms with Crippen molar-refractivity contribution in [3.63, 3.8) is 0 Å². The van der Waals surface area contributed by atoms with Crippen LogP contribution in [-0.4, -0.2) is 140 Å². The highest BCUT2D eigenvalue weighted by Gasteiger charge is 2.36. The fourth-order valence-corrected chi connectivity index (χ4v) is 10.4. The number of aromatic nitrogens is 5. The van der Waals surface area contributed by atoms with Gasteiger partial charge in [0.1, 0.15) is 18.4 Å². The molecule has 0 spiro atoms. The quantitative estimate of drug-likeness (QED) is 0.115. The lowest BCUT2D eigenvalue weighted by Crippen LogP contribution is -2.49. The summed E-state index contributed by atoms with van der Waals surface area (Å²) >= 11 is 0. The molecule has 3 aromatic heterocycles. The Morgan fingerprint density at radius 2 is 1.64 bits per heavy atom. The predicted molar refractivity (Wildman–Crippen MR) is 245 cm³/mol. The number of nitrogens with zero attached hydrogens (tertiary/aromatic N) is 10. The first-order chi connectivity index (χ1) is 31.9. The average Bonchev–Trinajstić information content (AvgIpc) is 3.99. The van der Waals surface area contributed by atoms with E-state index in [1.165, 1.54) is 29.7 Å². The molecule has 7 heterocycles. The van der Waals surface area contributed by atoms with E-state index in [9.17, 15) is 27.6 Å². The Labute approximate surface area is 383 Å². The van der Waals surface area contributed by atoms with E-state index in [0.717, 1.165) is 111 Å². The first-order valence-corrected chi connectivity index (χ1v) is 23.6. The number of piperidine rings is 2. The molecule has 4 aliphatic heterocycles. The summed E-state index contributed by atoms with van der Waals surface area (Å²) in [6.07, 6.45) is 6.77.